The summed E-state index contributed by atoms with van der Waals surface area (Å²) in [6.07, 6.45) is 6.97. The van der Waals surface area contributed by atoms with Crippen LogP contribution >= 0.6 is 0 Å². The number of fused-ring (bicyclic) bond motifs is 1. The third-order valence-electron chi connectivity index (χ3n) is 6.52. The van der Waals surface area contributed by atoms with Crippen LogP contribution in [0.25, 0.3) is 0 Å². The van der Waals surface area contributed by atoms with Gasteiger partial charge in [0.1, 0.15) is 5.82 Å². The third kappa shape index (κ3) is 3.66. The Morgan fingerprint density at radius 1 is 0.967 bits per heavy atom. The fourth-order valence-corrected chi connectivity index (χ4v) is 4.77. The zero-order valence-corrected chi connectivity index (χ0v) is 18.2. The summed E-state index contributed by atoms with van der Waals surface area (Å²) in [5, 5.41) is 0. The number of piperidine rings is 1. The number of hydrogen-bond donors (Lipinski definition) is 0. The molecule has 7 heteroatoms. The molecule has 2 aromatic heterocycles. The lowest BCUT2D eigenvalue weighted by atomic mass is 9.99. The van der Waals surface area contributed by atoms with Gasteiger partial charge in [0.2, 0.25) is 11.9 Å². The van der Waals surface area contributed by atoms with Gasteiger partial charge in [-0.2, -0.15) is 0 Å². The first-order valence-corrected chi connectivity index (χ1v) is 11.3. The van der Waals surface area contributed by atoms with E-state index < -0.39 is 0 Å². The summed E-state index contributed by atoms with van der Waals surface area (Å²) in [4.78, 5) is 36.3. The van der Waals surface area contributed by atoms with Gasteiger partial charge in [-0.15, -0.1) is 0 Å². The van der Waals surface area contributed by atoms with Gasteiger partial charge in [-0.1, -0.05) is 0 Å². The molecule has 158 valence electrons. The fraction of sp³-hybridized carbons (Fsp3) is 0.609. The van der Waals surface area contributed by atoms with Gasteiger partial charge in [0.15, 0.2) is 5.82 Å². The van der Waals surface area contributed by atoms with Gasteiger partial charge >= 0.3 is 0 Å². The molecule has 2 fully saturated rings. The number of amides is 1. The molecule has 7 nitrogen and oxygen atoms in total. The molecule has 0 spiro atoms. The molecule has 0 aromatic carbocycles. The molecule has 2 aliphatic heterocycles. The maximum atomic E-state index is 12.7. The topological polar surface area (TPSA) is 75.1 Å². The Morgan fingerprint density at radius 2 is 1.73 bits per heavy atom. The molecular weight excluding hydrogens is 376 g/mol. The van der Waals surface area contributed by atoms with Crippen LogP contribution in [0.4, 0.5) is 11.8 Å². The third-order valence-corrected chi connectivity index (χ3v) is 6.52. The maximum Gasteiger partial charge on any atom is 0.228 e. The Morgan fingerprint density at radius 3 is 2.47 bits per heavy atom. The van der Waals surface area contributed by atoms with Gasteiger partial charge in [-0.3, -0.25) is 9.69 Å². The van der Waals surface area contributed by atoms with Crippen molar-refractivity contribution in [2.45, 2.75) is 71.8 Å². The van der Waals surface area contributed by atoms with E-state index in [1.165, 1.54) is 12.8 Å². The van der Waals surface area contributed by atoms with Crippen LogP contribution in [-0.2, 0) is 11.2 Å². The van der Waals surface area contributed by atoms with Gasteiger partial charge in [0, 0.05) is 42.2 Å². The Labute approximate surface area is 178 Å². The van der Waals surface area contributed by atoms with Crippen molar-refractivity contribution in [2.24, 2.45) is 5.92 Å². The number of carbonyl (C=O) groups is 1. The molecule has 1 aliphatic carbocycles. The van der Waals surface area contributed by atoms with E-state index in [-0.39, 0.29) is 11.9 Å². The first-order chi connectivity index (χ1) is 14.5. The summed E-state index contributed by atoms with van der Waals surface area (Å²) in [6, 6.07) is 2.05. The van der Waals surface area contributed by atoms with Gasteiger partial charge in [-0.25, -0.2) is 19.9 Å². The van der Waals surface area contributed by atoms with Crippen molar-refractivity contribution in [1.29, 1.82) is 0 Å². The molecule has 1 saturated heterocycles. The highest BCUT2D eigenvalue weighted by Gasteiger charge is 2.35. The Hall–Kier alpha value is -2.57. The van der Waals surface area contributed by atoms with E-state index in [9.17, 15) is 4.79 Å². The van der Waals surface area contributed by atoms with E-state index >= 15 is 0 Å². The van der Waals surface area contributed by atoms with E-state index in [1.807, 2.05) is 24.8 Å². The van der Waals surface area contributed by atoms with Crippen LogP contribution in [0.15, 0.2) is 6.07 Å². The highest BCUT2D eigenvalue weighted by atomic mass is 16.2. The Bertz CT molecular complexity index is 966. The van der Waals surface area contributed by atoms with Gasteiger partial charge in [0.05, 0.1) is 6.04 Å². The van der Waals surface area contributed by atoms with Crippen LogP contribution in [0.2, 0.25) is 0 Å². The van der Waals surface area contributed by atoms with Gasteiger partial charge in [0.25, 0.3) is 0 Å². The molecule has 3 aliphatic rings. The van der Waals surface area contributed by atoms with Crippen LogP contribution in [0.3, 0.4) is 0 Å². The maximum absolute atomic E-state index is 12.7. The summed E-state index contributed by atoms with van der Waals surface area (Å²) < 4.78 is 0. The molecule has 5 rings (SSSR count). The second-order valence-corrected chi connectivity index (χ2v) is 9.07. The van der Waals surface area contributed by atoms with Crippen molar-refractivity contribution >= 4 is 17.7 Å². The molecule has 1 saturated carbocycles. The van der Waals surface area contributed by atoms with Gasteiger partial charge < -0.3 is 4.90 Å². The highest BCUT2D eigenvalue weighted by Crippen LogP contribution is 2.37. The van der Waals surface area contributed by atoms with Crippen LogP contribution in [0, 0.1) is 26.7 Å². The minimum Gasteiger partial charge on any atom is -0.331 e. The average molecular weight is 407 g/mol. The van der Waals surface area contributed by atoms with E-state index in [0.29, 0.717) is 12.3 Å². The molecule has 1 atom stereocenters. The Balaban J connectivity index is 1.54. The zero-order valence-electron chi connectivity index (χ0n) is 18.2. The molecule has 1 amide bonds. The van der Waals surface area contributed by atoms with Crippen LogP contribution in [-0.4, -0.2) is 38.9 Å². The van der Waals surface area contributed by atoms with Crippen molar-refractivity contribution in [3.63, 3.8) is 0 Å². The monoisotopic (exact) mass is 406 g/mol. The van der Waals surface area contributed by atoms with Crippen LogP contribution in [0.5, 0.6) is 0 Å². The second-order valence-electron chi connectivity index (χ2n) is 9.07. The number of nitrogens with zero attached hydrogens (tertiary/aromatic N) is 6. The van der Waals surface area contributed by atoms with Crippen molar-refractivity contribution in [3.05, 3.63) is 34.5 Å². The van der Waals surface area contributed by atoms with Crippen LogP contribution in [0.1, 0.15) is 73.0 Å². The SMILES string of the molecule is Cc1cc(C)nc(N2CCCC[C@@H]2c2nc(C)c3c(n2)N(CC2CC2)C(=O)CC3)n1. The number of rotatable bonds is 4. The smallest absolute Gasteiger partial charge is 0.228 e. The molecule has 0 bridgehead atoms. The summed E-state index contributed by atoms with van der Waals surface area (Å²) >= 11 is 0. The fourth-order valence-electron chi connectivity index (χ4n) is 4.77. The van der Waals surface area contributed by atoms with E-state index in [1.54, 1.807) is 0 Å². The number of aromatic nitrogens is 4. The highest BCUT2D eigenvalue weighted by molar-refractivity contribution is 5.95. The number of anilines is 2. The van der Waals surface area contributed by atoms with E-state index in [2.05, 4.69) is 11.8 Å². The Kier molecular flexibility index (Phi) is 4.91. The first-order valence-electron chi connectivity index (χ1n) is 11.3. The average Bonchev–Trinajstić information content (AvgIpc) is 3.53. The quantitative estimate of drug-likeness (QED) is 0.772. The van der Waals surface area contributed by atoms with Crippen LogP contribution < -0.4 is 9.80 Å². The lowest BCUT2D eigenvalue weighted by Crippen LogP contribution is -2.40. The molecular formula is C23H30N6O. The van der Waals surface area contributed by atoms with Crippen molar-refractivity contribution in [3.8, 4) is 0 Å². The first kappa shape index (κ1) is 19.4. The lowest BCUT2D eigenvalue weighted by molar-refractivity contribution is -0.119. The second kappa shape index (κ2) is 7.60. The minimum absolute atomic E-state index is 0.0451. The van der Waals surface area contributed by atoms with Gasteiger partial charge in [-0.05, 0) is 71.3 Å². The molecule has 0 N–H and O–H groups in total. The number of hydrogen-bond acceptors (Lipinski definition) is 6. The predicted molar refractivity (Wildman–Crippen MR) is 116 cm³/mol. The molecule has 0 radical (unpaired) electrons. The normalized spacial score (nSPS) is 21.7. The molecule has 0 unspecified atom stereocenters. The number of aryl methyl sites for hydroxylation is 3. The molecule has 2 aromatic rings. The van der Waals surface area contributed by atoms with Crippen molar-refractivity contribution in [1.82, 2.24) is 19.9 Å². The number of carbonyl (C=O) groups excluding carboxylic acids is 1. The minimum atomic E-state index is 0.0451. The zero-order chi connectivity index (χ0) is 20.8. The summed E-state index contributed by atoms with van der Waals surface area (Å²) in [6.45, 7) is 7.79. The summed E-state index contributed by atoms with van der Waals surface area (Å²) in [5.74, 6) is 3.27. The van der Waals surface area contributed by atoms with Crippen molar-refractivity contribution < 1.29 is 4.79 Å². The summed E-state index contributed by atoms with van der Waals surface area (Å²) in [7, 11) is 0. The standard InChI is InChI=1S/C23H30N6O/c1-14-12-15(2)25-23(24-14)28-11-5-4-6-19(28)21-26-16(3)18-9-10-20(30)29(22(18)27-21)13-17-7-8-17/h12,17,19H,4-11,13H2,1-3H3/t19-/m1/s1. The molecule has 30 heavy (non-hydrogen) atoms. The molecule has 4 heterocycles. The lowest BCUT2D eigenvalue weighted by Gasteiger charge is -2.36. The predicted octanol–water partition coefficient (Wildman–Crippen LogP) is 3.61. The summed E-state index contributed by atoms with van der Waals surface area (Å²) in [5.41, 5.74) is 4.11. The van der Waals surface area contributed by atoms with Crippen molar-refractivity contribution in [2.75, 3.05) is 22.9 Å². The largest absolute Gasteiger partial charge is 0.331 e. The van der Waals surface area contributed by atoms with E-state index in [4.69, 9.17) is 19.9 Å². The van der Waals surface area contributed by atoms with E-state index in [0.717, 1.165) is 79.0 Å².